The average molecular weight is 439 g/mol. The van der Waals surface area contributed by atoms with Crippen LogP contribution in [0.4, 0.5) is 8.78 Å². The third-order valence-electron chi connectivity index (χ3n) is 5.56. The number of hydrogen-bond donors (Lipinski definition) is 0. The largest absolute Gasteiger partial charge is 0.494 e. The molecule has 2 nitrogen and oxygen atoms in total. The van der Waals surface area contributed by atoms with Crippen molar-refractivity contribution in [2.75, 3.05) is 20.3 Å². The number of ether oxygens (including phenoxy) is 2. The molecule has 3 aromatic rings. The molecule has 0 heterocycles. The fourth-order valence-corrected chi connectivity index (χ4v) is 3.76. The lowest BCUT2D eigenvalue weighted by Crippen LogP contribution is -1.98. The lowest BCUT2D eigenvalue weighted by Gasteiger charge is -2.11. The van der Waals surface area contributed by atoms with Crippen LogP contribution in [0.2, 0.25) is 0 Å². The summed E-state index contributed by atoms with van der Waals surface area (Å²) >= 11 is 0. The Morgan fingerprint density at radius 1 is 0.656 bits per heavy atom. The SMILES string of the molecule is CCCc1ccc(-c2ccc(-c3ccc(OCCCCCCOC)cc3)c(F)c2F)cc1. The first kappa shape index (κ1) is 23.9. The molecule has 32 heavy (non-hydrogen) atoms. The Balaban J connectivity index is 1.63. The summed E-state index contributed by atoms with van der Waals surface area (Å²) in [5.74, 6) is -0.917. The fourth-order valence-electron chi connectivity index (χ4n) is 3.76. The van der Waals surface area contributed by atoms with Gasteiger partial charge in [0.2, 0.25) is 0 Å². The second-order valence-corrected chi connectivity index (χ2v) is 8.02. The van der Waals surface area contributed by atoms with Gasteiger partial charge in [0.25, 0.3) is 0 Å². The van der Waals surface area contributed by atoms with Crippen LogP contribution in [-0.4, -0.2) is 20.3 Å². The van der Waals surface area contributed by atoms with Crippen molar-refractivity contribution in [2.24, 2.45) is 0 Å². The van der Waals surface area contributed by atoms with Gasteiger partial charge in [-0.25, -0.2) is 8.78 Å². The van der Waals surface area contributed by atoms with Crippen LogP contribution < -0.4 is 4.74 Å². The molecule has 0 amide bonds. The minimum atomic E-state index is -0.829. The smallest absolute Gasteiger partial charge is 0.167 e. The van der Waals surface area contributed by atoms with Crippen molar-refractivity contribution in [3.63, 3.8) is 0 Å². The van der Waals surface area contributed by atoms with Crippen molar-refractivity contribution < 1.29 is 18.3 Å². The summed E-state index contributed by atoms with van der Waals surface area (Å²) in [5, 5.41) is 0. The Bertz CT molecular complexity index is 966. The standard InChI is InChI=1S/C28H32F2O2/c1-3-8-21-9-11-22(12-10-21)25-17-18-26(28(30)27(25)29)23-13-15-24(16-14-23)32-20-7-5-4-6-19-31-2/h9-18H,3-8,19-20H2,1-2H3. The molecule has 0 atom stereocenters. The van der Waals surface area contributed by atoms with Gasteiger partial charge in [0.15, 0.2) is 11.6 Å². The summed E-state index contributed by atoms with van der Waals surface area (Å²) in [7, 11) is 1.72. The van der Waals surface area contributed by atoms with Crippen LogP contribution >= 0.6 is 0 Å². The first-order chi connectivity index (χ1) is 15.6. The molecule has 0 spiro atoms. The van der Waals surface area contributed by atoms with Gasteiger partial charge in [0, 0.05) is 24.8 Å². The monoisotopic (exact) mass is 438 g/mol. The Morgan fingerprint density at radius 2 is 1.19 bits per heavy atom. The molecule has 3 rings (SSSR count). The highest BCUT2D eigenvalue weighted by molar-refractivity contribution is 5.72. The van der Waals surface area contributed by atoms with Crippen LogP contribution in [0.1, 0.15) is 44.6 Å². The normalized spacial score (nSPS) is 11.0. The third-order valence-corrected chi connectivity index (χ3v) is 5.56. The zero-order valence-corrected chi connectivity index (χ0v) is 19.0. The summed E-state index contributed by atoms with van der Waals surface area (Å²) in [4.78, 5) is 0. The zero-order chi connectivity index (χ0) is 22.8. The van der Waals surface area contributed by atoms with Crippen molar-refractivity contribution >= 4 is 0 Å². The van der Waals surface area contributed by atoms with Crippen molar-refractivity contribution in [3.05, 3.63) is 77.9 Å². The number of rotatable bonds is 12. The second kappa shape index (κ2) is 12.4. The molecule has 0 aromatic heterocycles. The molecule has 0 radical (unpaired) electrons. The highest BCUT2D eigenvalue weighted by Gasteiger charge is 2.16. The maximum Gasteiger partial charge on any atom is 0.167 e. The van der Waals surface area contributed by atoms with E-state index in [4.69, 9.17) is 9.47 Å². The first-order valence-corrected chi connectivity index (χ1v) is 11.4. The lowest BCUT2D eigenvalue weighted by atomic mass is 9.97. The van der Waals surface area contributed by atoms with E-state index in [0.29, 0.717) is 17.7 Å². The van der Waals surface area contributed by atoms with Crippen molar-refractivity contribution in [2.45, 2.75) is 45.4 Å². The van der Waals surface area contributed by atoms with E-state index in [1.54, 1.807) is 43.5 Å². The van der Waals surface area contributed by atoms with E-state index >= 15 is 0 Å². The number of methoxy groups -OCH3 is 1. The molecule has 0 aliphatic heterocycles. The quantitative estimate of drug-likeness (QED) is 0.268. The molecule has 0 fully saturated rings. The molecule has 0 unspecified atom stereocenters. The van der Waals surface area contributed by atoms with Crippen LogP contribution in [0, 0.1) is 11.6 Å². The first-order valence-electron chi connectivity index (χ1n) is 11.4. The summed E-state index contributed by atoms with van der Waals surface area (Å²) in [6.07, 6.45) is 6.29. The number of aryl methyl sites for hydroxylation is 1. The van der Waals surface area contributed by atoms with Crippen molar-refractivity contribution in [1.29, 1.82) is 0 Å². The summed E-state index contributed by atoms with van der Waals surface area (Å²) in [5.41, 5.74) is 3.03. The Kier molecular flexibility index (Phi) is 9.24. The third kappa shape index (κ3) is 6.39. The minimum absolute atomic E-state index is 0.249. The van der Waals surface area contributed by atoms with E-state index in [2.05, 4.69) is 6.92 Å². The molecule has 3 aromatic carbocycles. The van der Waals surface area contributed by atoms with Crippen molar-refractivity contribution in [3.8, 4) is 28.0 Å². The van der Waals surface area contributed by atoms with E-state index < -0.39 is 11.6 Å². The Labute approximate surface area is 190 Å². The number of unbranched alkanes of at least 4 members (excludes halogenated alkanes) is 3. The van der Waals surface area contributed by atoms with Crippen LogP contribution in [0.15, 0.2) is 60.7 Å². The van der Waals surface area contributed by atoms with Gasteiger partial charge < -0.3 is 9.47 Å². The van der Waals surface area contributed by atoms with E-state index in [1.807, 2.05) is 24.3 Å². The molecule has 0 aliphatic carbocycles. The van der Waals surface area contributed by atoms with Gasteiger partial charge in [-0.3, -0.25) is 0 Å². The van der Waals surface area contributed by atoms with E-state index in [0.717, 1.165) is 50.9 Å². The predicted octanol–water partition coefficient (Wildman–Crippen LogP) is 7.84. The van der Waals surface area contributed by atoms with Gasteiger partial charge in [0.05, 0.1) is 6.61 Å². The van der Waals surface area contributed by atoms with Crippen LogP contribution in [0.5, 0.6) is 5.75 Å². The maximum absolute atomic E-state index is 14.9. The molecular weight excluding hydrogens is 406 g/mol. The lowest BCUT2D eigenvalue weighted by molar-refractivity contribution is 0.191. The number of halogens is 2. The van der Waals surface area contributed by atoms with E-state index in [1.165, 1.54) is 5.56 Å². The van der Waals surface area contributed by atoms with Crippen molar-refractivity contribution in [1.82, 2.24) is 0 Å². The van der Waals surface area contributed by atoms with Crippen LogP contribution in [0.25, 0.3) is 22.3 Å². The van der Waals surface area contributed by atoms with E-state index in [9.17, 15) is 8.78 Å². The van der Waals surface area contributed by atoms with E-state index in [-0.39, 0.29) is 11.1 Å². The number of benzene rings is 3. The Morgan fingerprint density at radius 3 is 1.72 bits per heavy atom. The summed E-state index contributed by atoms with van der Waals surface area (Å²) < 4.78 is 40.6. The fraction of sp³-hybridized carbons (Fsp3) is 0.357. The summed E-state index contributed by atoms with van der Waals surface area (Å²) in [6, 6.07) is 18.1. The molecule has 0 bridgehead atoms. The molecule has 0 aliphatic rings. The Hall–Kier alpha value is -2.72. The molecular formula is C28H32F2O2. The van der Waals surface area contributed by atoms with Gasteiger partial charge in [-0.2, -0.15) is 0 Å². The highest BCUT2D eigenvalue weighted by Crippen LogP contribution is 2.32. The van der Waals surface area contributed by atoms with Gasteiger partial charge >= 0.3 is 0 Å². The summed E-state index contributed by atoms with van der Waals surface area (Å²) in [6.45, 7) is 3.55. The van der Waals surface area contributed by atoms with Gasteiger partial charge in [-0.1, -0.05) is 68.3 Å². The van der Waals surface area contributed by atoms with Crippen LogP contribution in [-0.2, 0) is 11.2 Å². The van der Waals surface area contributed by atoms with Gasteiger partial charge in [-0.05, 0) is 54.5 Å². The molecule has 0 N–H and O–H groups in total. The second-order valence-electron chi connectivity index (χ2n) is 8.02. The van der Waals surface area contributed by atoms with Gasteiger partial charge in [0.1, 0.15) is 5.75 Å². The highest BCUT2D eigenvalue weighted by atomic mass is 19.2. The molecule has 0 saturated heterocycles. The molecule has 4 heteroatoms. The minimum Gasteiger partial charge on any atom is -0.494 e. The molecule has 170 valence electrons. The van der Waals surface area contributed by atoms with Crippen LogP contribution in [0.3, 0.4) is 0 Å². The topological polar surface area (TPSA) is 18.5 Å². The predicted molar refractivity (Wildman–Crippen MR) is 127 cm³/mol. The zero-order valence-electron chi connectivity index (χ0n) is 19.0. The average Bonchev–Trinajstić information content (AvgIpc) is 2.82. The number of hydrogen-bond acceptors (Lipinski definition) is 2. The van der Waals surface area contributed by atoms with Gasteiger partial charge in [-0.15, -0.1) is 0 Å². The molecule has 0 saturated carbocycles. The maximum atomic E-state index is 14.9.